The monoisotopic (exact) mass is 298 g/mol. The average Bonchev–Trinajstić information content (AvgIpc) is 2.78. The zero-order chi connectivity index (χ0) is 15.7. The van der Waals surface area contributed by atoms with Crippen LogP contribution in [0.25, 0.3) is 0 Å². The molecule has 0 saturated carbocycles. The van der Waals surface area contributed by atoms with Crippen LogP contribution in [0.15, 0.2) is 36.4 Å². The Labute approximate surface area is 129 Å². The number of Topliss-reactive ketones (excluding diaryl/α,β-unsaturated/α-hetero) is 1. The summed E-state index contributed by atoms with van der Waals surface area (Å²) in [6.07, 6.45) is 5.26. The second-order valence-corrected chi connectivity index (χ2v) is 5.73. The second kappa shape index (κ2) is 5.75. The number of hydrogen-bond donors (Lipinski definition) is 1. The predicted octanol–water partition coefficient (Wildman–Crippen LogP) is 2.21. The number of carbonyl (C=O) groups excluding carboxylic acids is 3. The molecule has 0 radical (unpaired) electrons. The lowest BCUT2D eigenvalue weighted by Gasteiger charge is -2.16. The van der Waals surface area contributed by atoms with E-state index >= 15 is 0 Å². The van der Waals surface area contributed by atoms with Crippen LogP contribution >= 0.6 is 0 Å². The maximum atomic E-state index is 12.3. The lowest BCUT2D eigenvalue weighted by Crippen LogP contribution is -2.35. The molecule has 1 aliphatic carbocycles. The van der Waals surface area contributed by atoms with Gasteiger partial charge in [0.15, 0.2) is 5.78 Å². The molecule has 5 nitrogen and oxygen atoms in total. The van der Waals surface area contributed by atoms with Crippen LogP contribution in [0.3, 0.4) is 0 Å². The van der Waals surface area contributed by atoms with Crippen molar-refractivity contribution >= 4 is 23.3 Å². The normalized spacial score (nSPS) is 23.6. The lowest BCUT2D eigenvalue weighted by molar-refractivity contribution is -0.139. The average molecular weight is 298 g/mol. The highest BCUT2D eigenvalue weighted by Crippen LogP contribution is 2.34. The van der Waals surface area contributed by atoms with E-state index in [-0.39, 0.29) is 36.1 Å². The van der Waals surface area contributed by atoms with E-state index in [0.717, 1.165) is 5.69 Å². The molecule has 2 aliphatic rings. The van der Waals surface area contributed by atoms with E-state index in [0.29, 0.717) is 18.4 Å². The van der Waals surface area contributed by atoms with Crippen molar-refractivity contribution in [1.82, 2.24) is 4.90 Å². The van der Waals surface area contributed by atoms with Gasteiger partial charge in [-0.15, -0.1) is 0 Å². The molecule has 3 rings (SSSR count). The summed E-state index contributed by atoms with van der Waals surface area (Å²) in [5.41, 5.74) is 1.41. The summed E-state index contributed by atoms with van der Waals surface area (Å²) in [4.78, 5) is 37.1. The fraction of sp³-hybridized carbons (Fsp3) is 0.353. The third-order valence-electron chi connectivity index (χ3n) is 4.33. The van der Waals surface area contributed by atoms with Crippen molar-refractivity contribution in [2.75, 3.05) is 12.0 Å². The number of anilines is 1. The third kappa shape index (κ3) is 2.54. The number of ketones is 1. The summed E-state index contributed by atoms with van der Waals surface area (Å²) in [6, 6.07) is 7.00. The van der Waals surface area contributed by atoms with Crippen molar-refractivity contribution in [3.63, 3.8) is 0 Å². The quantitative estimate of drug-likeness (QED) is 0.526. The van der Waals surface area contributed by atoms with Crippen LogP contribution in [-0.2, 0) is 9.59 Å². The summed E-state index contributed by atoms with van der Waals surface area (Å²) in [5, 5.41) is 3.08. The summed E-state index contributed by atoms with van der Waals surface area (Å²) in [5.74, 6) is -0.564. The Kier molecular flexibility index (Phi) is 3.79. The minimum atomic E-state index is -0.195. The van der Waals surface area contributed by atoms with Crippen molar-refractivity contribution in [2.24, 2.45) is 11.8 Å². The fourth-order valence-corrected chi connectivity index (χ4v) is 3.02. The Hall–Kier alpha value is -2.43. The van der Waals surface area contributed by atoms with Crippen LogP contribution in [0.1, 0.15) is 30.1 Å². The van der Waals surface area contributed by atoms with E-state index < -0.39 is 0 Å². The zero-order valence-electron chi connectivity index (χ0n) is 12.4. The number of carbonyl (C=O) groups is 3. The van der Waals surface area contributed by atoms with Crippen LogP contribution < -0.4 is 5.32 Å². The molecule has 114 valence electrons. The van der Waals surface area contributed by atoms with Gasteiger partial charge in [-0.3, -0.25) is 19.3 Å². The van der Waals surface area contributed by atoms with Gasteiger partial charge in [-0.1, -0.05) is 12.2 Å². The first-order chi connectivity index (χ1) is 10.6. The Morgan fingerprint density at radius 2 is 1.64 bits per heavy atom. The molecule has 1 N–H and O–H groups in total. The number of rotatable bonds is 4. The van der Waals surface area contributed by atoms with Crippen LogP contribution in [0.4, 0.5) is 5.69 Å². The van der Waals surface area contributed by atoms with Crippen molar-refractivity contribution in [1.29, 1.82) is 0 Å². The van der Waals surface area contributed by atoms with Gasteiger partial charge in [-0.05, 0) is 44.0 Å². The first-order valence-corrected chi connectivity index (χ1v) is 7.43. The maximum Gasteiger partial charge on any atom is 0.234 e. The molecule has 1 aromatic carbocycles. The highest BCUT2D eigenvalue weighted by atomic mass is 16.2. The standard InChI is InChI=1S/C17H18N2O3/c1-11(20)12-6-8-13(9-7-12)18-10-19-16(21)14-4-2-3-5-15(14)17(19)22/h2-3,6-9,14-15,18H,4-5,10H2,1H3. The van der Waals surface area contributed by atoms with E-state index in [1.807, 2.05) is 12.2 Å². The van der Waals surface area contributed by atoms with Gasteiger partial charge in [0.05, 0.1) is 18.5 Å². The number of nitrogens with zero attached hydrogens (tertiary/aromatic N) is 1. The zero-order valence-corrected chi connectivity index (χ0v) is 12.4. The Bertz CT molecular complexity index is 622. The Balaban J connectivity index is 1.65. The van der Waals surface area contributed by atoms with Crippen molar-refractivity contribution < 1.29 is 14.4 Å². The molecule has 2 amide bonds. The number of fused-ring (bicyclic) bond motifs is 1. The van der Waals surface area contributed by atoms with Crippen LogP contribution in [0.5, 0.6) is 0 Å². The van der Waals surface area contributed by atoms with Gasteiger partial charge in [0, 0.05) is 11.3 Å². The molecule has 0 spiro atoms. The molecule has 1 saturated heterocycles. The number of benzene rings is 1. The topological polar surface area (TPSA) is 66.5 Å². The summed E-state index contributed by atoms with van der Waals surface area (Å²) in [7, 11) is 0. The number of likely N-dealkylation sites (tertiary alicyclic amines) is 1. The highest BCUT2D eigenvalue weighted by molar-refractivity contribution is 6.05. The minimum Gasteiger partial charge on any atom is -0.367 e. The van der Waals surface area contributed by atoms with Gasteiger partial charge >= 0.3 is 0 Å². The summed E-state index contributed by atoms with van der Waals surface area (Å²) >= 11 is 0. The van der Waals surface area contributed by atoms with Crippen LogP contribution in [0, 0.1) is 11.8 Å². The van der Waals surface area contributed by atoms with Gasteiger partial charge in [-0.25, -0.2) is 0 Å². The molecular weight excluding hydrogens is 280 g/mol. The second-order valence-electron chi connectivity index (χ2n) is 5.73. The van der Waals surface area contributed by atoms with Gasteiger partial charge in [0.25, 0.3) is 0 Å². The summed E-state index contributed by atoms with van der Waals surface area (Å²) < 4.78 is 0. The third-order valence-corrected chi connectivity index (χ3v) is 4.33. The van der Waals surface area contributed by atoms with E-state index in [2.05, 4.69) is 5.32 Å². The minimum absolute atomic E-state index is 0.00743. The molecule has 0 bridgehead atoms. The first-order valence-electron chi connectivity index (χ1n) is 7.43. The Morgan fingerprint density at radius 1 is 1.09 bits per heavy atom. The molecule has 1 fully saturated rings. The summed E-state index contributed by atoms with van der Waals surface area (Å²) in [6.45, 7) is 1.68. The fourth-order valence-electron chi connectivity index (χ4n) is 3.02. The molecule has 2 unspecified atom stereocenters. The van der Waals surface area contributed by atoms with Crippen LogP contribution in [0.2, 0.25) is 0 Å². The SMILES string of the molecule is CC(=O)c1ccc(NCN2C(=O)C3CC=CCC3C2=O)cc1. The molecular formula is C17H18N2O3. The van der Waals surface area contributed by atoms with Gasteiger partial charge in [0.2, 0.25) is 11.8 Å². The van der Waals surface area contributed by atoms with Gasteiger partial charge in [0.1, 0.15) is 0 Å². The number of hydrogen-bond acceptors (Lipinski definition) is 4. The van der Waals surface area contributed by atoms with E-state index in [1.54, 1.807) is 24.3 Å². The number of nitrogens with one attached hydrogen (secondary N) is 1. The van der Waals surface area contributed by atoms with Gasteiger partial charge < -0.3 is 5.32 Å². The molecule has 0 aromatic heterocycles. The van der Waals surface area contributed by atoms with E-state index in [1.165, 1.54) is 11.8 Å². The van der Waals surface area contributed by atoms with Crippen molar-refractivity contribution in [3.8, 4) is 0 Å². The number of amides is 2. The Morgan fingerprint density at radius 3 is 2.14 bits per heavy atom. The number of allylic oxidation sites excluding steroid dienone is 2. The van der Waals surface area contributed by atoms with Crippen molar-refractivity contribution in [2.45, 2.75) is 19.8 Å². The smallest absolute Gasteiger partial charge is 0.234 e. The maximum absolute atomic E-state index is 12.3. The molecule has 5 heteroatoms. The number of imide groups is 1. The molecule has 2 atom stereocenters. The molecule has 22 heavy (non-hydrogen) atoms. The predicted molar refractivity (Wildman–Crippen MR) is 82.1 cm³/mol. The largest absolute Gasteiger partial charge is 0.367 e. The lowest BCUT2D eigenvalue weighted by atomic mass is 9.85. The van der Waals surface area contributed by atoms with E-state index in [9.17, 15) is 14.4 Å². The first kappa shape index (κ1) is 14.5. The molecule has 1 heterocycles. The molecule has 1 aromatic rings. The molecule has 1 aliphatic heterocycles. The van der Waals surface area contributed by atoms with Crippen LogP contribution in [-0.4, -0.2) is 29.2 Å². The van der Waals surface area contributed by atoms with E-state index in [4.69, 9.17) is 0 Å². The van der Waals surface area contributed by atoms with Gasteiger partial charge in [-0.2, -0.15) is 0 Å². The van der Waals surface area contributed by atoms with Crippen molar-refractivity contribution in [3.05, 3.63) is 42.0 Å². The highest BCUT2D eigenvalue weighted by Gasteiger charge is 2.46.